The molecular weight excluding hydrogens is 191 g/mol. The zero-order valence-corrected chi connectivity index (χ0v) is 6.70. The zero-order valence-electron chi connectivity index (χ0n) is 5.19. The van der Waals surface area contributed by atoms with Crippen LogP contribution in [0.2, 0.25) is 10.2 Å². The molecule has 1 rings (SSSR count). The van der Waals surface area contributed by atoms with Crippen LogP contribution < -0.4 is 5.48 Å². The molecule has 1 aromatic rings. The van der Waals surface area contributed by atoms with Gasteiger partial charge in [-0.1, -0.05) is 23.2 Å². The van der Waals surface area contributed by atoms with Crippen LogP contribution in [-0.2, 0) is 0 Å². The Morgan fingerprint density at radius 2 is 2.27 bits per heavy atom. The highest BCUT2D eigenvalue weighted by molar-refractivity contribution is 6.41. The number of aromatic nitrogens is 1. The second-order valence-electron chi connectivity index (χ2n) is 1.79. The summed E-state index contributed by atoms with van der Waals surface area (Å²) in [6.07, 6.45) is 0. The first-order chi connectivity index (χ1) is 5.15. The number of amides is 1. The number of hydrogen-bond acceptors (Lipinski definition) is 2. The van der Waals surface area contributed by atoms with E-state index in [1.54, 1.807) is 0 Å². The molecular formula is C5H4Cl2N2O2. The molecule has 0 unspecified atom stereocenters. The SMILES string of the molecule is O=C(NO)c1cc(Cl)c(Cl)[nH]1. The first-order valence-corrected chi connectivity index (χ1v) is 3.39. The number of rotatable bonds is 1. The highest BCUT2D eigenvalue weighted by atomic mass is 35.5. The number of nitrogens with one attached hydrogen (secondary N) is 2. The van der Waals surface area contributed by atoms with Crippen LogP contribution in [0.25, 0.3) is 0 Å². The zero-order chi connectivity index (χ0) is 8.43. The minimum atomic E-state index is -0.682. The average Bonchev–Trinajstić information content (AvgIpc) is 2.31. The summed E-state index contributed by atoms with van der Waals surface area (Å²) in [6, 6.07) is 1.31. The van der Waals surface area contributed by atoms with Gasteiger partial charge in [0.15, 0.2) is 0 Å². The van der Waals surface area contributed by atoms with Gasteiger partial charge in [-0.2, -0.15) is 0 Å². The van der Waals surface area contributed by atoms with Gasteiger partial charge in [0.25, 0.3) is 5.91 Å². The van der Waals surface area contributed by atoms with E-state index >= 15 is 0 Å². The van der Waals surface area contributed by atoms with Crippen molar-refractivity contribution in [1.29, 1.82) is 0 Å². The Hall–Kier alpha value is -0.710. The molecule has 1 amide bonds. The third-order valence-electron chi connectivity index (χ3n) is 1.07. The molecule has 0 saturated heterocycles. The van der Waals surface area contributed by atoms with Gasteiger partial charge in [0.1, 0.15) is 10.8 Å². The van der Waals surface area contributed by atoms with Crippen LogP contribution in [0.4, 0.5) is 0 Å². The normalized spacial score (nSPS) is 9.73. The van der Waals surface area contributed by atoms with Crippen LogP contribution >= 0.6 is 23.2 Å². The number of carbonyl (C=O) groups is 1. The predicted octanol–water partition coefficient (Wildman–Crippen LogP) is 1.44. The van der Waals surface area contributed by atoms with Crippen LogP contribution in [0.5, 0.6) is 0 Å². The van der Waals surface area contributed by atoms with Gasteiger partial charge in [-0.15, -0.1) is 0 Å². The van der Waals surface area contributed by atoms with Gasteiger partial charge in [0.2, 0.25) is 0 Å². The Morgan fingerprint density at radius 1 is 1.64 bits per heavy atom. The van der Waals surface area contributed by atoms with Gasteiger partial charge in [0, 0.05) is 0 Å². The highest BCUT2D eigenvalue weighted by Crippen LogP contribution is 2.21. The molecule has 3 N–H and O–H groups in total. The van der Waals surface area contributed by atoms with Crippen molar-refractivity contribution in [3.63, 3.8) is 0 Å². The fourth-order valence-corrected chi connectivity index (χ4v) is 0.899. The molecule has 0 saturated carbocycles. The van der Waals surface area contributed by atoms with Crippen molar-refractivity contribution in [1.82, 2.24) is 10.5 Å². The predicted molar refractivity (Wildman–Crippen MR) is 40.1 cm³/mol. The summed E-state index contributed by atoms with van der Waals surface area (Å²) in [4.78, 5) is 13.1. The first-order valence-electron chi connectivity index (χ1n) is 2.63. The molecule has 0 aromatic carbocycles. The second kappa shape index (κ2) is 3.13. The quantitative estimate of drug-likeness (QED) is 0.468. The van der Waals surface area contributed by atoms with Gasteiger partial charge < -0.3 is 4.98 Å². The fourth-order valence-electron chi connectivity index (χ4n) is 0.587. The molecule has 0 spiro atoms. The van der Waals surface area contributed by atoms with Crippen molar-refractivity contribution in [2.24, 2.45) is 0 Å². The molecule has 0 bridgehead atoms. The molecule has 1 heterocycles. The summed E-state index contributed by atoms with van der Waals surface area (Å²) < 4.78 is 0. The van der Waals surface area contributed by atoms with E-state index in [9.17, 15) is 4.79 Å². The van der Waals surface area contributed by atoms with E-state index in [2.05, 4.69) is 4.98 Å². The van der Waals surface area contributed by atoms with Crippen LogP contribution in [-0.4, -0.2) is 16.1 Å². The van der Waals surface area contributed by atoms with Gasteiger partial charge in [0.05, 0.1) is 5.02 Å². The van der Waals surface area contributed by atoms with Gasteiger partial charge in [-0.3, -0.25) is 10.0 Å². The van der Waals surface area contributed by atoms with Crippen molar-refractivity contribution in [3.05, 3.63) is 21.9 Å². The Kier molecular flexibility index (Phi) is 2.38. The molecule has 0 radical (unpaired) electrons. The van der Waals surface area contributed by atoms with Gasteiger partial charge in [-0.05, 0) is 6.07 Å². The lowest BCUT2D eigenvalue weighted by atomic mass is 10.4. The van der Waals surface area contributed by atoms with Crippen LogP contribution in [0.3, 0.4) is 0 Å². The van der Waals surface area contributed by atoms with E-state index in [1.807, 2.05) is 0 Å². The van der Waals surface area contributed by atoms with E-state index in [1.165, 1.54) is 11.5 Å². The number of hydrogen-bond donors (Lipinski definition) is 3. The number of carbonyl (C=O) groups excluding carboxylic acids is 1. The smallest absolute Gasteiger partial charge is 0.291 e. The molecule has 4 nitrogen and oxygen atoms in total. The second-order valence-corrected chi connectivity index (χ2v) is 2.57. The number of halogens is 2. The van der Waals surface area contributed by atoms with E-state index < -0.39 is 5.91 Å². The van der Waals surface area contributed by atoms with Gasteiger partial charge >= 0.3 is 0 Å². The minimum Gasteiger partial charge on any atom is -0.340 e. The molecule has 6 heteroatoms. The summed E-state index contributed by atoms with van der Waals surface area (Å²) in [6.45, 7) is 0. The van der Waals surface area contributed by atoms with E-state index in [0.29, 0.717) is 0 Å². The minimum absolute atomic E-state index is 0.113. The summed E-state index contributed by atoms with van der Waals surface area (Å²) in [7, 11) is 0. The molecule has 60 valence electrons. The van der Waals surface area contributed by atoms with E-state index in [0.717, 1.165) is 0 Å². The molecule has 0 atom stereocenters. The number of aromatic amines is 1. The Morgan fingerprint density at radius 3 is 2.64 bits per heavy atom. The monoisotopic (exact) mass is 194 g/mol. The average molecular weight is 195 g/mol. The molecule has 0 fully saturated rings. The van der Waals surface area contributed by atoms with E-state index in [-0.39, 0.29) is 15.9 Å². The summed E-state index contributed by atoms with van der Waals surface area (Å²) >= 11 is 11.0. The number of H-pyrrole nitrogens is 1. The van der Waals surface area contributed by atoms with Crippen LogP contribution in [0.15, 0.2) is 6.07 Å². The molecule has 1 aromatic heterocycles. The third-order valence-corrected chi connectivity index (χ3v) is 1.76. The fraction of sp³-hybridized carbons (Fsp3) is 0. The van der Waals surface area contributed by atoms with E-state index in [4.69, 9.17) is 28.4 Å². The maximum atomic E-state index is 10.7. The van der Waals surface area contributed by atoms with Crippen LogP contribution in [0.1, 0.15) is 10.5 Å². The van der Waals surface area contributed by atoms with Crippen molar-refractivity contribution in [3.8, 4) is 0 Å². The first kappa shape index (κ1) is 8.39. The molecule has 0 aliphatic carbocycles. The number of hydroxylamine groups is 1. The topological polar surface area (TPSA) is 65.1 Å². The largest absolute Gasteiger partial charge is 0.340 e. The standard InChI is InChI=1S/C5H4Cl2N2O2/c6-2-1-3(5(10)9-11)8-4(2)7/h1,8,11H,(H,9,10). The highest BCUT2D eigenvalue weighted by Gasteiger charge is 2.09. The summed E-state index contributed by atoms with van der Waals surface area (Å²) in [5.41, 5.74) is 1.55. The van der Waals surface area contributed by atoms with Gasteiger partial charge in [-0.25, -0.2) is 5.48 Å². The lowest BCUT2D eigenvalue weighted by Gasteiger charge is -1.90. The third kappa shape index (κ3) is 1.65. The molecule has 11 heavy (non-hydrogen) atoms. The Balaban J connectivity index is 2.97. The van der Waals surface area contributed by atoms with Crippen molar-refractivity contribution in [2.45, 2.75) is 0 Å². The molecule has 0 aliphatic rings. The molecule has 0 aliphatic heterocycles. The lowest BCUT2D eigenvalue weighted by molar-refractivity contribution is 0.0701. The Labute approximate surface area is 72.1 Å². The maximum absolute atomic E-state index is 10.7. The van der Waals surface area contributed by atoms with Crippen molar-refractivity contribution in [2.75, 3.05) is 0 Å². The maximum Gasteiger partial charge on any atom is 0.291 e. The van der Waals surface area contributed by atoms with Crippen molar-refractivity contribution >= 4 is 29.1 Å². The Bertz CT molecular complexity index is 265. The van der Waals surface area contributed by atoms with Crippen LogP contribution in [0, 0.1) is 0 Å². The summed E-state index contributed by atoms with van der Waals surface area (Å²) in [5.74, 6) is -0.682. The lowest BCUT2D eigenvalue weighted by Crippen LogP contribution is -2.18. The van der Waals surface area contributed by atoms with Crippen molar-refractivity contribution < 1.29 is 10.0 Å². The summed E-state index contributed by atoms with van der Waals surface area (Å²) in [5, 5.41) is 8.60.